The third kappa shape index (κ3) is 6.94. The fraction of sp³-hybridized carbons (Fsp3) is 0.579. The average molecular weight is 382 g/mol. The maximum atomic E-state index is 12.2. The maximum absolute atomic E-state index is 12.2. The summed E-state index contributed by atoms with van der Waals surface area (Å²) < 4.78 is 5.26. The predicted molar refractivity (Wildman–Crippen MR) is 107 cm³/mol. The van der Waals surface area contributed by atoms with Crippen molar-refractivity contribution in [1.29, 1.82) is 0 Å². The molecule has 0 aromatic heterocycles. The minimum Gasteiger partial charge on any atom is -0.453 e. The van der Waals surface area contributed by atoms with E-state index in [9.17, 15) is 9.59 Å². The zero-order chi connectivity index (χ0) is 18.2. The van der Waals surface area contributed by atoms with Gasteiger partial charge in [0.25, 0.3) is 5.91 Å². The smallest absolute Gasteiger partial charge is 0.306 e. The number of nitrogens with one attached hydrogen (secondary N) is 1. The summed E-state index contributed by atoms with van der Waals surface area (Å²) in [6, 6.07) is 5.82. The molecule has 1 aromatic carbocycles. The topological polar surface area (TPSA) is 55.4 Å². The van der Waals surface area contributed by atoms with Gasteiger partial charge in [0, 0.05) is 23.1 Å². The van der Waals surface area contributed by atoms with Gasteiger partial charge in [0.1, 0.15) is 0 Å². The number of esters is 1. The molecule has 2 rings (SSSR count). The summed E-state index contributed by atoms with van der Waals surface area (Å²) >= 11 is 0. The van der Waals surface area contributed by atoms with E-state index in [0.29, 0.717) is 6.42 Å². The van der Waals surface area contributed by atoms with Crippen LogP contribution in [0.15, 0.2) is 18.2 Å². The number of hydrogen-bond acceptors (Lipinski definition) is 5. The van der Waals surface area contributed by atoms with Gasteiger partial charge in [0.05, 0.1) is 0 Å². The van der Waals surface area contributed by atoms with Crippen LogP contribution in [0.5, 0.6) is 0 Å². The van der Waals surface area contributed by atoms with Gasteiger partial charge in [-0.1, -0.05) is 45.7 Å². The molecule has 1 heterocycles. The van der Waals surface area contributed by atoms with Gasteiger partial charge in [-0.2, -0.15) is 0 Å². The normalized spacial score (nSPS) is 18.0. The summed E-state index contributed by atoms with van der Waals surface area (Å²) in [4.78, 5) is 24.1. The zero-order valence-corrected chi connectivity index (χ0v) is 16.8. The summed E-state index contributed by atoms with van der Waals surface area (Å²) in [6.45, 7) is 5.57. The minimum atomic E-state index is -0.782. The fourth-order valence-corrected chi connectivity index (χ4v) is 5.73. The third-order valence-electron chi connectivity index (χ3n) is 4.20. The van der Waals surface area contributed by atoms with Gasteiger partial charge in [-0.25, -0.2) is 0 Å². The number of unbranched alkanes of at least 4 members (excludes halogenated alkanes) is 1. The van der Waals surface area contributed by atoms with E-state index in [1.54, 1.807) is 6.92 Å². The highest BCUT2D eigenvalue weighted by Crippen LogP contribution is 2.39. The molecular weight excluding hydrogens is 354 g/mol. The number of carbonyl (C=O) groups is 2. The Labute approximate surface area is 158 Å². The molecular formula is C19H27NO3S2. The van der Waals surface area contributed by atoms with Crippen molar-refractivity contribution in [3.63, 3.8) is 0 Å². The monoisotopic (exact) mass is 381 g/mol. The molecule has 1 aliphatic heterocycles. The van der Waals surface area contributed by atoms with Gasteiger partial charge < -0.3 is 10.1 Å². The Hall–Kier alpha value is -1.14. The van der Waals surface area contributed by atoms with Crippen LogP contribution in [0.3, 0.4) is 0 Å². The molecule has 25 heavy (non-hydrogen) atoms. The van der Waals surface area contributed by atoms with Crippen LogP contribution in [0, 0.1) is 13.8 Å². The second kappa shape index (κ2) is 10.1. The third-order valence-corrected chi connectivity index (χ3v) is 7.21. The minimum absolute atomic E-state index is 0.292. The van der Waals surface area contributed by atoms with Gasteiger partial charge in [-0.15, -0.1) is 0 Å². The quantitative estimate of drug-likeness (QED) is 0.395. The number of carbonyl (C=O) groups excluding carboxylic acids is 2. The summed E-state index contributed by atoms with van der Waals surface area (Å²) in [5.41, 5.74) is 2.89. The van der Waals surface area contributed by atoms with E-state index in [2.05, 4.69) is 5.32 Å². The highest BCUT2D eigenvalue weighted by molar-refractivity contribution is 8.77. The van der Waals surface area contributed by atoms with Crippen LogP contribution in [-0.4, -0.2) is 29.0 Å². The highest BCUT2D eigenvalue weighted by atomic mass is 33.1. The lowest BCUT2D eigenvalue weighted by atomic mass is 10.1. The Bertz CT molecular complexity index is 600. The lowest BCUT2D eigenvalue weighted by Crippen LogP contribution is -2.30. The fourth-order valence-electron chi connectivity index (χ4n) is 2.70. The molecule has 1 fully saturated rings. The van der Waals surface area contributed by atoms with Crippen LogP contribution in [0.4, 0.5) is 5.69 Å². The lowest BCUT2D eigenvalue weighted by molar-refractivity contribution is -0.153. The molecule has 138 valence electrons. The summed E-state index contributed by atoms with van der Waals surface area (Å²) in [6.07, 6.45) is 3.90. The van der Waals surface area contributed by atoms with Gasteiger partial charge in [-0.3, -0.25) is 9.59 Å². The lowest BCUT2D eigenvalue weighted by Gasteiger charge is -2.15. The van der Waals surface area contributed by atoms with Crippen molar-refractivity contribution in [2.45, 2.75) is 64.2 Å². The summed E-state index contributed by atoms with van der Waals surface area (Å²) in [7, 11) is 3.91. The molecule has 4 nitrogen and oxygen atoms in total. The van der Waals surface area contributed by atoms with Crippen LogP contribution >= 0.6 is 21.6 Å². The first-order valence-corrected chi connectivity index (χ1v) is 11.2. The number of ether oxygens (including phenoxy) is 1. The SMILES string of the molecule is Cc1ccc(NC(=O)[C@H](C)OC(=O)CCCC[C@H]2CCSS2)c(C)c1. The van der Waals surface area contributed by atoms with Crippen molar-refractivity contribution in [2.75, 3.05) is 11.1 Å². The van der Waals surface area contributed by atoms with Crippen molar-refractivity contribution >= 4 is 39.2 Å². The second-order valence-corrected chi connectivity index (χ2v) is 9.30. The van der Waals surface area contributed by atoms with E-state index in [1.807, 2.05) is 53.6 Å². The zero-order valence-electron chi connectivity index (χ0n) is 15.2. The van der Waals surface area contributed by atoms with Gasteiger partial charge >= 0.3 is 5.97 Å². The molecule has 0 spiro atoms. The Morgan fingerprint density at radius 1 is 1.32 bits per heavy atom. The van der Waals surface area contributed by atoms with Crippen LogP contribution in [0.25, 0.3) is 0 Å². The van der Waals surface area contributed by atoms with Crippen LogP contribution < -0.4 is 5.32 Å². The standard InChI is InChI=1S/C19H27NO3S2/c1-13-8-9-17(14(2)12-13)20-19(22)15(3)23-18(21)7-5-4-6-16-10-11-24-25-16/h8-9,12,15-16H,4-7,10-11H2,1-3H3,(H,20,22)/t15-,16-/m0/s1. The van der Waals surface area contributed by atoms with Crippen LogP contribution in [0.1, 0.15) is 50.2 Å². The number of rotatable bonds is 8. The first kappa shape index (κ1) is 20.2. The molecule has 1 N–H and O–H groups in total. The first-order chi connectivity index (χ1) is 12.0. The molecule has 2 atom stereocenters. The molecule has 0 saturated carbocycles. The highest BCUT2D eigenvalue weighted by Gasteiger charge is 2.19. The van der Waals surface area contributed by atoms with E-state index in [0.717, 1.165) is 41.3 Å². The number of hydrogen-bond donors (Lipinski definition) is 1. The number of aryl methyl sites for hydroxylation is 2. The molecule has 1 aromatic rings. The molecule has 0 bridgehead atoms. The number of anilines is 1. The van der Waals surface area contributed by atoms with Crippen molar-refractivity contribution in [1.82, 2.24) is 0 Å². The number of benzene rings is 1. The van der Waals surface area contributed by atoms with Gasteiger partial charge in [-0.05, 0) is 51.7 Å². The van der Waals surface area contributed by atoms with Crippen molar-refractivity contribution in [3.8, 4) is 0 Å². The van der Waals surface area contributed by atoms with Crippen LogP contribution in [-0.2, 0) is 14.3 Å². The molecule has 1 amide bonds. The summed E-state index contributed by atoms with van der Waals surface area (Å²) in [5, 5.41) is 3.56. The molecule has 6 heteroatoms. The van der Waals surface area contributed by atoms with Gasteiger partial charge in [0.15, 0.2) is 6.10 Å². The Morgan fingerprint density at radius 2 is 2.12 bits per heavy atom. The average Bonchev–Trinajstić information content (AvgIpc) is 3.07. The van der Waals surface area contributed by atoms with E-state index in [4.69, 9.17) is 4.74 Å². The Morgan fingerprint density at radius 3 is 2.80 bits per heavy atom. The molecule has 0 aliphatic carbocycles. The molecule has 0 unspecified atom stereocenters. The van der Waals surface area contributed by atoms with Crippen LogP contribution in [0.2, 0.25) is 0 Å². The molecule has 1 aliphatic rings. The molecule has 1 saturated heterocycles. The van der Waals surface area contributed by atoms with Crippen molar-refractivity contribution < 1.29 is 14.3 Å². The van der Waals surface area contributed by atoms with E-state index < -0.39 is 6.10 Å². The Kier molecular flexibility index (Phi) is 8.16. The van der Waals surface area contributed by atoms with Crippen molar-refractivity contribution in [3.05, 3.63) is 29.3 Å². The first-order valence-electron chi connectivity index (χ1n) is 8.81. The van der Waals surface area contributed by atoms with E-state index in [1.165, 1.54) is 12.2 Å². The van der Waals surface area contributed by atoms with Gasteiger partial charge in [0.2, 0.25) is 0 Å². The second-order valence-electron chi connectivity index (χ2n) is 6.51. The summed E-state index contributed by atoms with van der Waals surface area (Å²) in [5.74, 6) is 0.654. The van der Waals surface area contributed by atoms with E-state index in [-0.39, 0.29) is 11.9 Å². The largest absolute Gasteiger partial charge is 0.453 e. The van der Waals surface area contributed by atoms with E-state index >= 15 is 0 Å². The maximum Gasteiger partial charge on any atom is 0.306 e. The molecule has 0 radical (unpaired) electrons. The predicted octanol–water partition coefficient (Wildman–Crippen LogP) is 4.89. The Balaban J connectivity index is 1.67. The van der Waals surface area contributed by atoms with Crippen molar-refractivity contribution in [2.24, 2.45) is 0 Å². The number of amides is 1.